The number of rotatable bonds is 3. The Morgan fingerprint density at radius 3 is 2.59 bits per heavy atom. The minimum Gasteiger partial charge on any atom is -0.482 e. The van der Waals surface area contributed by atoms with Gasteiger partial charge in [0.25, 0.3) is 5.91 Å². The van der Waals surface area contributed by atoms with Crippen molar-refractivity contribution in [3.05, 3.63) is 51.0 Å². The summed E-state index contributed by atoms with van der Waals surface area (Å²) in [6.07, 6.45) is 0. The lowest BCUT2D eigenvalue weighted by molar-refractivity contribution is -0.118. The number of nitrogens with one attached hydrogen (secondary N) is 2. The molecule has 2 aromatic carbocycles. The molecular formula is C15H11Cl3N2O2. The van der Waals surface area contributed by atoms with Crippen LogP contribution in [0, 0.1) is 0 Å². The van der Waals surface area contributed by atoms with Crippen molar-refractivity contribution in [1.29, 1.82) is 0 Å². The molecule has 114 valence electrons. The lowest BCUT2D eigenvalue weighted by atomic mass is 10.2. The average Bonchev–Trinajstić information content (AvgIpc) is 2.47. The fourth-order valence-corrected chi connectivity index (χ4v) is 2.88. The lowest BCUT2D eigenvalue weighted by Gasteiger charge is -2.20. The number of carbonyl (C=O) groups excluding carboxylic acids is 1. The number of hydrogen-bond acceptors (Lipinski definition) is 3. The highest BCUT2D eigenvalue weighted by molar-refractivity contribution is 6.36. The van der Waals surface area contributed by atoms with Crippen LogP contribution in [0.4, 0.5) is 11.4 Å². The maximum Gasteiger partial charge on any atom is 0.262 e. The van der Waals surface area contributed by atoms with E-state index in [0.717, 1.165) is 5.56 Å². The Kier molecular flexibility index (Phi) is 4.34. The molecule has 1 aliphatic heterocycles. The van der Waals surface area contributed by atoms with Gasteiger partial charge in [-0.2, -0.15) is 0 Å². The van der Waals surface area contributed by atoms with Crippen molar-refractivity contribution in [2.45, 2.75) is 6.54 Å². The van der Waals surface area contributed by atoms with Crippen molar-refractivity contribution < 1.29 is 9.53 Å². The maximum absolute atomic E-state index is 11.3. The number of hydrogen-bond donors (Lipinski definition) is 2. The minimum atomic E-state index is -0.202. The summed E-state index contributed by atoms with van der Waals surface area (Å²) in [5.41, 5.74) is 2.02. The first-order valence-corrected chi connectivity index (χ1v) is 7.61. The van der Waals surface area contributed by atoms with Crippen molar-refractivity contribution in [3.63, 3.8) is 0 Å². The summed E-state index contributed by atoms with van der Waals surface area (Å²) < 4.78 is 5.37. The van der Waals surface area contributed by atoms with Crippen molar-refractivity contribution >= 4 is 52.1 Å². The largest absolute Gasteiger partial charge is 0.482 e. The van der Waals surface area contributed by atoms with Crippen LogP contribution in [-0.2, 0) is 11.3 Å². The predicted octanol–water partition coefficient (Wildman–Crippen LogP) is 4.59. The highest BCUT2D eigenvalue weighted by Gasteiger charge is 2.18. The van der Waals surface area contributed by atoms with Crippen LogP contribution >= 0.6 is 34.8 Å². The third-order valence-corrected chi connectivity index (χ3v) is 4.24. The van der Waals surface area contributed by atoms with E-state index in [1.807, 2.05) is 0 Å². The fraction of sp³-hybridized carbons (Fsp3) is 0.133. The van der Waals surface area contributed by atoms with Crippen LogP contribution in [0.25, 0.3) is 0 Å². The highest BCUT2D eigenvalue weighted by atomic mass is 35.5. The van der Waals surface area contributed by atoms with Gasteiger partial charge in [0.05, 0.1) is 16.4 Å². The second kappa shape index (κ2) is 6.24. The summed E-state index contributed by atoms with van der Waals surface area (Å²) in [7, 11) is 0. The summed E-state index contributed by atoms with van der Waals surface area (Å²) in [5.74, 6) is 0.365. The molecule has 0 spiro atoms. The molecule has 1 amide bonds. The van der Waals surface area contributed by atoms with Gasteiger partial charge in [0.2, 0.25) is 0 Å². The summed E-state index contributed by atoms with van der Waals surface area (Å²) in [4.78, 5) is 11.3. The van der Waals surface area contributed by atoms with E-state index in [1.165, 1.54) is 0 Å². The quantitative estimate of drug-likeness (QED) is 0.844. The lowest BCUT2D eigenvalue weighted by Crippen LogP contribution is -2.25. The number of carbonyl (C=O) groups is 1. The van der Waals surface area contributed by atoms with Crippen molar-refractivity contribution in [2.75, 3.05) is 17.2 Å². The van der Waals surface area contributed by atoms with Gasteiger partial charge in [-0.05, 0) is 18.2 Å². The molecule has 0 radical (unpaired) electrons. The molecule has 2 aromatic rings. The molecule has 0 atom stereocenters. The monoisotopic (exact) mass is 356 g/mol. The molecule has 1 heterocycles. The molecule has 4 nitrogen and oxygen atoms in total. The van der Waals surface area contributed by atoms with Crippen LogP contribution in [-0.4, -0.2) is 12.5 Å². The van der Waals surface area contributed by atoms with E-state index in [-0.39, 0.29) is 12.5 Å². The van der Waals surface area contributed by atoms with Crippen LogP contribution in [0.2, 0.25) is 15.1 Å². The summed E-state index contributed by atoms with van der Waals surface area (Å²) in [6.45, 7) is 0.411. The topological polar surface area (TPSA) is 50.4 Å². The Bertz CT molecular complexity index is 730. The zero-order chi connectivity index (χ0) is 15.7. The second-order valence-corrected chi connectivity index (χ2v) is 5.94. The predicted molar refractivity (Wildman–Crippen MR) is 89.4 cm³/mol. The third kappa shape index (κ3) is 3.09. The molecule has 0 aliphatic carbocycles. The number of ether oxygens (including phenoxy) is 1. The second-order valence-electron chi connectivity index (χ2n) is 4.72. The molecule has 0 unspecified atom stereocenters. The number of fused-ring (bicyclic) bond motifs is 1. The summed E-state index contributed by atoms with van der Waals surface area (Å²) in [6, 6.07) is 8.72. The van der Waals surface area contributed by atoms with Crippen LogP contribution in [0.1, 0.15) is 5.56 Å². The van der Waals surface area contributed by atoms with E-state index in [2.05, 4.69) is 10.6 Å². The van der Waals surface area contributed by atoms with E-state index in [1.54, 1.807) is 30.3 Å². The van der Waals surface area contributed by atoms with E-state index < -0.39 is 0 Å². The fourth-order valence-electron chi connectivity index (χ4n) is 2.12. The van der Waals surface area contributed by atoms with Crippen molar-refractivity contribution in [3.8, 4) is 5.75 Å². The van der Waals surface area contributed by atoms with Gasteiger partial charge in [-0.1, -0.05) is 40.9 Å². The minimum absolute atomic E-state index is 0.00951. The van der Waals surface area contributed by atoms with Gasteiger partial charge < -0.3 is 15.4 Å². The number of halogens is 3. The van der Waals surface area contributed by atoms with E-state index in [0.29, 0.717) is 38.7 Å². The molecule has 1 aliphatic rings. The van der Waals surface area contributed by atoms with Gasteiger partial charge in [0.1, 0.15) is 5.75 Å². The number of anilines is 2. The number of amides is 1. The van der Waals surface area contributed by atoms with Crippen molar-refractivity contribution in [2.24, 2.45) is 0 Å². The number of benzene rings is 2. The molecule has 0 fully saturated rings. The summed E-state index contributed by atoms with van der Waals surface area (Å²) >= 11 is 18.5. The Labute approximate surface area is 142 Å². The molecule has 0 saturated carbocycles. The Morgan fingerprint density at radius 1 is 1.14 bits per heavy atom. The SMILES string of the molecule is O=C1COc2cc(NCc3c(Cl)cccc3Cl)c(Cl)cc2N1. The first kappa shape index (κ1) is 15.3. The molecule has 2 N–H and O–H groups in total. The molecule has 22 heavy (non-hydrogen) atoms. The van der Waals surface area contributed by atoms with Gasteiger partial charge in [-0.3, -0.25) is 4.79 Å². The zero-order valence-electron chi connectivity index (χ0n) is 11.3. The van der Waals surface area contributed by atoms with Gasteiger partial charge in [0.15, 0.2) is 6.61 Å². The maximum atomic E-state index is 11.3. The standard InChI is InChI=1S/C15H11Cl3N2O2/c16-9-2-1-3-10(17)8(9)6-19-12-5-14-13(4-11(12)18)20-15(21)7-22-14/h1-5,19H,6-7H2,(H,20,21). The van der Waals surface area contributed by atoms with Gasteiger partial charge >= 0.3 is 0 Å². The molecule has 3 rings (SSSR count). The smallest absolute Gasteiger partial charge is 0.262 e. The molecule has 0 saturated heterocycles. The van der Waals surface area contributed by atoms with Gasteiger partial charge in [-0.15, -0.1) is 0 Å². The summed E-state index contributed by atoms with van der Waals surface area (Å²) in [5, 5.41) is 7.51. The highest BCUT2D eigenvalue weighted by Crippen LogP contribution is 2.37. The van der Waals surface area contributed by atoms with E-state index >= 15 is 0 Å². The first-order chi connectivity index (χ1) is 10.5. The van der Waals surface area contributed by atoms with Crippen LogP contribution in [0.5, 0.6) is 5.75 Å². The Balaban J connectivity index is 1.83. The zero-order valence-corrected chi connectivity index (χ0v) is 13.5. The van der Waals surface area contributed by atoms with Crippen LogP contribution in [0.15, 0.2) is 30.3 Å². The Morgan fingerprint density at radius 2 is 1.86 bits per heavy atom. The van der Waals surface area contributed by atoms with E-state index in [4.69, 9.17) is 39.5 Å². The third-order valence-electron chi connectivity index (χ3n) is 3.22. The molecule has 0 aromatic heterocycles. The molecule has 7 heteroatoms. The first-order valence-electron chi connectivity index (χ1n) is 6.47. The van der Waals surface area contributed by atoms with Crippen molar-refractivity contribution in [1.82, 2.24) is 0 Å². The average molecular weight is 358 g/mol. The normalized spacial score (nSPS) is 13.1. The van der Waals surface area contributed by atoms with E-state index in [9.17, 15) is 4.79 Å². The van der Waals surface area contributed by atoms with Gasteiger partial charge in [-0.25, -0.2) is 0 Å². The van der Waals surface area contributed by atoms with Crippen LogP contribution < -0.4 is 15.4 Å². The Hall–Kier alpha value is -1.62. The molecular weight excluding hydrogens is 347 g/mol. The van der Waals surface area contributed by atoms with Gasteiger partial charge in [0, 0.05) is 28.2 Å². The molecule has 0 bridgehead atoms. The van der Waals surface area contributed by atoms with Crippen LogP contribution in [0.3, 0.4) is 0 Å².